The minimum absolute atomic E-state index is 0.765. The van der Waals surface area contributed by atoms with Crippen molar-refractivity contribution in [3.8, 4) is 0 Å². The Labute approximate surface area is 135 Å². The molecular formula is C22H28. The van der Waals surface area contributed by atoms with Crippen LogP contribution in [-0.4, -0.2) is 0 Å². The molecule has 2 aromatic rings. The molecule has 0 N–H and O–H groups in total. The van der Waals surface area contributed by atoms with Crippen LogP contribution in [0.25, 0.3) is 10.8 Å². The summed E-state index contributed by atoms with van der Waals surface area (Å²) in [6.07, 6.45) is 12.4. The molecule has 0 bridgehead atoms. The molecule has 1 fully saturated rings. The Balaban J connectivity index is 1.76. The van der Waals surface area contributed by atoms with E-state index in [0.717, 1.165) is 11.8 Å². The lowest BCUT2D eigenvalue weighted by atomic mass is 9.78. The number of benzene rings is 2. The number of allylic oxidation sites excluding steroid dienone is 2. The Bertz CT molecular complexity index is 642. The second-order valence-electron chi connectivity index (χ2n) is 6.83. The Hall–Kier alpha value is -1.56. The average molecular weight is 292 g/mol. The summed E-state index contributed by atoms with van der Waals surface area (Å²) in [5.41, 5.74) is 3.02. The van der Waals surface area contributed by atoms with Crippen LogP contribution in [-0.2, 0) is 6.42 Å². The fraction of sp³-hybridized carbons (Fsp3) is 0.455. The summed E-state index contributed by atoms with van der Waals surface area (Å²) in [5.74, 6) is 1.58. The predicted octanol–water partition coefficient (Wildman–Crippen LogP) is 6.64. The summed E-state index contributed by atoms with van der Waals surface area (Å²) < 4.78 is 0. The quantitative estimate of drug-likeness (QED) is 0.554. The summed E-state index contributed by atoms with van der Waals surface area (Å²) >= 11 is 0. The maximum absolute atomic E-state index is 2.44. The van der Waals surface area contributed by atoms with Crippen LogP contribution in [0.4, 0.5) is 0 Å². The van der Waals surface area contributed by atoms with Gasteiger partial charge < -0.3 is 0 Å². The van der Waals surface area contributed by atoms with E-state index in [0.29, 0.717) is 0 Å². The van der Waals surface area contributed by atoms with E-state index in [1.807, 2.05) is 0 Å². The third-order valence-corrected chi connectivity index (χ3v) is 5.18. The molecule has 116 valence electrons. The van der Waals surface area contributed by atoms with Gasteiger partial charge in [0.05, 0.1) is 0 Å². The standard InChI is InChI=1S/C22H28/c1-3-5-17-7-10-19(11-8-17)21-14-13-20-15-18(6-4-2)9-12-22(20)16-21/h3,5,9,12-17,19H,4,6-8,10-11H2,1-2H3/b5-3+. The van der Waals surface area contributed by atoms with Crippen LogP contribution in [0.15, 0.2) is 48.6 Å². The first-order valence-corrected chi connectivity index (χ1v) is 8.95. The number of rotatable bonds is 4. The van der Waals surface area contributed by atoms with Crippen LogP contribution in [0.5, 0.6) is 0 Å². The lowest BCUT2D eigenvalue weighted by molar-refractivity contribution is 0.376. The van der Waals surface area contributed by atoms with Gasteiger partial charge in [0, 0.05) is 0 Å². The maximum atomic E-state index is 2.44. The number of hydrogen-bond donors (Lipinski definition) is 0. The normalized spacial score (nSPS) is 22.5. The highest BCUT2D eigenvalue weighted by Gasteiger charge is 2.20. The highest BCUT2D eigenvalue weighted by atomic mass is 14.3. The summed E-state index contributed by atoms with van der Waals surface area (Å²) in [5, 5.41) is 2.81. The second-order valence-corrected chi connectivity index (χ2v) is 6.83. The van der Waals surface area contributed by atoms with Crippen molar-refractivity contribution >= 4 is 10.8 Å². The molecular weight excluding hydrogens is 264 g/mol. The van der Waals surface area contributed by atoms with E-state index >= 15 is 0 Å². The minimum Gasteiger partial charge on any atom is -0.0914 e. The van der Waals surface area contributed by atoms with Crippen molar-refractivity contribution in [2.75, 3.05) is 0 Å². The van der Waals surface area contributed by atoms with Crippen molar-refractivity contribution < 1.29 is 0 Å². The topological polar surface area (TPSA) is 0 Å². The molecule has 0 saturated heterocycles. The van der Waals surface area contributed by atoms with Crippen molar-refractivity contribution in [3.05, 3.63) is 59.7 Å². The van der Waals surface area contributed by atoms with Gasteiger partial charge in [0.15, 0.2) is 0 Å². The summed E-state index contributed by atoms with van der Waals surface area (Å²) in [7, 11) is 0. The van der Waals surface area contributed by atoms with Crippen LogP contribution < -0.4 is 0 Å². The summed E-state index contributed by atoms with van der Waals surface area (Å²) in [6, 6.07) is 14.1. The molecule has 0 amide bonds. The molecule has 0 spiro atoms. The first-order valence-electron chi connectivity index (χ1n) is 8.95. The second kappa shape index (κ2) is 7.13. The van der Waals surface area contributed by atoms with Gasteiger partial charge in [-0.25, -0.2) is 0 Å². The van der Waals surface area contributed by atoms with Crippen LogP contribution in [0, 0.1) is 5.92 Å². The largest absolute Gasteiger partial charge is 0.0914 e. The van der Waals surface area contributed by atoms with Crippen molar-refractivity contribution in [2.45, 2.75) is 58.3 Å². The van der Waals surface area contributed by atoms with Gasteiger partial charge in [-0.3, -0.25) is 0 Å². The summed E-state index contributed by atoms with van der Waals surface area (Å²) in [6.45, 7) is 4.39. The molecule has 0 heterocycles. The van der Waals surface area contributed by atoms with E-state index in [4.69, 9.17) is 0 Å². The Morgan fingerprint density at radius 2 is 1.68 bits per heavy atom. The SMILES string of the molecule is C/C=C/C1CCC(c2ccc3cc(CCC)ccc3c2)CC1. The van der Waals surface area contributed by atoms with Gasteiger partial charge in [-0.05, 0) is 72.8 Å². The summed E-state index contributed by atoms with van der Waals surface area (Å²) in [4.78, 5) is 0. The van der Waals surface area contributed by atoms with Crippen molar-refractivity contribution in [3.63, 3.8) is 0 Å². The zero-order valence-electron chi connectivity index (χ0n) is 14.0. The Morgan fingerprint density at radius 1 is 0.955 bits per heavy atom. The van der Waals surface area contributed by atoms with Crippen molar-refractivity contribution in [2.24, 2.45) is 5.92 Å². The van der Waals surface area contributed by atoms with Crippen LogP contribution in [0.1, 0.15) is 63.0 Å². The molecule has 2 aromatic carbocycles. The van der Waals surface area contributed by atoms with Gasteiger partial charge in [-0.1, -0.05) is 61.9 Å². The molecule has 0 radical (unpaired) electrons. The van der Waals surface area contributed by atoms with Crippen LogP contribution in [0.3, 0.4) is 0 Å². The predicted molar refractivity (Wildman–Crippen MR) is 97.5 cm³/mol. The van der Waals surface area contributed by atoms with E-state index in [9.17, 15) is 0 Å². The highest BCUT2D eigenvalue weighted by molar-refractivity contribution is 5.84. The molecule has 0 heteroatoms. The molecule has 22 heavy (non-hydrogen) atoms. The van der Waals surface area contributed by atoms with Gasteiger partial charge in [0.1, 0.15) is 0 Å². The lowest BCUT2D eigenvalue weighted by Crippen LogP contribution is -2.11. The number of aryl methyl sites for hydroxylation is 1. The molecule has 1 saturated carbocycles. The van der Waals surface area contributed by atoms with Gasteiger partial charge in [0.2, 0.25) is 0 Å². The smallest absolute Gasteiger partial charge is 0.0161 e. The lowest BCUT2D eigenvalue weighted by Gasteiger charge is -2.27. The molecule has 0 unspecified atom stereocenters. The molecule has 1 aliphatic rings. The van der Waals surface area contributed by atoms with Crippen molar-refractivity contribution in [1.29, 1.82) is 0 Å². The number of hydrogen-bond acceptors (Lipinski definition) is 0. The Morgan fingerprint density at radius 3 is 2.41 bits per heavy atom. The van der Waals surface area contributed by atoms with E-state index in [1.54, 1.807) is 5.56 Å². The third kappa shape index (κ3) is 3.43. The van der Waals surface area contributed by atoms with Gasteiger partial charge in [0.25, 0.3) is 0 Å². The van der Waals surface area contributed by atoms with E-state index in [1.165, 1.54) is 54.9 Å². The first kappa shape index (κ1) is 15.3. The minimum atomic E-state index is 0.765. The van der Waals surface area contributed by atoms with E-state index < -0.39 is 0 Å². The molecule has 0 nitrogen and oxygen atoms in total. The van der Waals surface area contributed by atoms with E-state index in [-0.39, 0.29) is 0 Å². The highest BCUT2D eigenvalue weighted by Crippen LogP contribution is 2.37. The third-order valence-electron chi connectivity index (χ3n) is 5.18. The first-order chi connectivity index (χ1) is 10.8. The number of fused-ring (bicyclic) bond motifs is 1. The van der Waals surface area contributed by atoms with Crippen LogP contribution in [0.2, 0.25) is 0 Å². The van der Waals surface area contributed by atoms with Crippen LogP contribution >= 0.6 is 0 Å². The fourth-order valence-corrected chi connectivity index (χ4v) is 3.93. The Kier molecular flexibility index (Phi) is 4.97. The molecule has 0 atom stereocenters. The zero-order chi connectivity index (χ0) is 15.4. The molecule has 3 rings (SSSR count). The van der Waals surface area contributed by atoms with E-state index in [2.05, 4.69) is 62.4 Å². The molecule has 1 aliphatic carbocycles. The van der Waals surface area contributed by atoms with Gasteiger partial charge >= 0.3 is 0 Å². The fourth-order valence-electron chi connectivity index (χ4n) is 3.93. The van der Waals surface area contributed by atoms with Crippen molar-refractivity contribution in [1.82, 2.24) is 0 Å². The molecule has 0 aliphatic heterocycles. The molecule has 0 aromatic heterocycles. The monoisotopic (exact) mass is 292 g/mol. The average Bonchev–Trinajstić information content (AvgIpc) is 2.56. The zero-order valence-corrected chi connectivity index (χ0v) is 14.0. The van der Waals surface area contributed by atoms with Gasteiger partial charge in [-0.2, -0.15) is 0 Å². The maximum Gasteiger partial charge on any atom is -0.0161 e. The van der Waals surface area contributed by atoms with Gasteiger partial charge in [-0.15, -0.1) is 0 Å².